The smallest absolute Gasteiger partial charge is 0.325 e. The van der Waals surface area contributed by atoms with Gasteiger partial charge in [0.25, 0.3) is 5.91 Å². The summed E-state index contributed by atoms with van der Waals surface area (Å²) in [7, 11) is 1.51. The van der Waals surface area contributed by atoms with E-state index >= 15 is 0 Å². The molecule has 1 aliphatic heterocycles. The molecular formula is C13H23NO4S. The molecule has 0 aliphatic carbocycles. The van der Waals surface area contributed by atoms with E-state index in [0.29, 0.717) is 6.61 Å². The SMILES string of the molecule is CCOC(=O)CN1C(=O)C(OC)C1C(S)(CC)CC. The Balaban J connectivity index is 2.84. The Kier molecular flexibility index (Phi) is 5.67. The van der Waals surface area contributed by atoms with Crippen molar-refractivity contribution in [1.29, 1.82) is 0 Å². The van der Waals surface area contributed by atoms with Crippen LogP contribution in [0.4, 0.5) is 0 Å². The van der Waals surface area contributed by atoms with Crippen molar-refractivity contribution in [3.8, 4) is 0 Å². The monoisotopic (exact) mass is 289 g/mol. The number of thiol groups is 1. The summed E-state index contributed by atoms with van der Waals surface area (Å²) < 4.78 is 9.79. The Morgan fingerprint density at radius 1 is 1.37 bits per heavy atom. The molecule has 0 bridgehead atoms. The van der Waals surface area contributed by atoms with E-state index in [2.05, 4.69) is 0 Å². The van der Waals surface area contributed by atoms with Crippen LogP contribution in [0.5, 0.6) is 0 Å². The fraction of sp³-hybridized carbons (Fsp3) is 0.846. The fourth-order valence-electron chi connectivity index (χ4n) is 2.51. The largest absolute Gasteiger partial charge is 0.465 e. The Bertz CT molecular complexity index is 344. The lowest BCUT2D eigenvalue weighted by Crippen LogP contribution is -2.72. The molecule has 1 saturated heterocycles. The van der Waals surface area contributed by atoms with Crippen LogP contribution in [0.25, 0.3) is 0 Å². The van der Waals surface area contributed by atoms with Gasteiger partial charge in [-0.2, -0.15) is 12.6 Å². The van der Waals surface area contributed by atoms with Gasteiger partial charge in [0, 0.05) is 11.9 Å². The molecule has 0 aromatic heterocycles. The van der Waals surface area contributed by atoms with E-state index < -0.39 is 12.1 Å². The molecule has 0 saturated carbocycles. The maximum atomic E-state index is 12.0. The highest BCUT2D eigenvalue weighted by Gasteiger charge is 2.56. The molecular weight excluding hydrogens is 266 g/mol. The first kappa shape index (κ1) is 16.3. The van der Waals surface area contributed by atoms with Gasteiger partial charge in [-0.05, 0) is 19.8 Å². The standard InChI is InChI=1S/C13H23NO4S/c1-5-13(19,6-2)11-10(17-4)12(16)14(11)8-9(15)18-7-3/h10-11,19H,5-8H2,1-4H3. The van der Waals surface area contributed by atoms with Crippen molar-refractivity contribution in [2.75, 3.05) is 20.3 Å². The summed E-state index contributed by atoms with van der Waals surface area (Å²) in [5.74, 6) is -0.556. The molecule has 2 atom stereocenters. The number of carbonyl (C=O) groups is 2. The minimum Gasteiger partial charge on any atom is -0.465 e. The molecule has 1 heterocycles. The van der Waals surface area contributed by atoms with Gasteiger partial charge in [-0.3, -0.25) is 9.59 Å². The number of hydrogen-bond donors (Lipinski definition) is 1. The van der Waals surface area contributed by atoms with Crippen LogP contribution in [0.2, 0.25) is 0 Å². The molecule has 1 aliphatic rings. The maximum Gasteiger partial charge on any atom is 0.325 e. The molecule has 0 aromatic carbocycles. The van der Waals surface area contributed by atoms with Gasteiger partial charge in [-0.15, -0.1) is 0 Å². The minimum atomic E-state index is -0.508. The van der Waals surface area contributed by atoms with Crippen molar-refractivity contribution in [2.45, 2.75) is 50.5 Å². The molecule has 1 amide bonds. The predicted octanol–water partition coefficient (Wildman–Crippen LogP) is 1.26. The normalized spacial score (nSPS) is 23.2. The van der Waals surface area contributed by atoms with E-state index in [0.717, 1.165) is 12.8 Å². The van der Waals surface area contributed by atoms with Gasteiger partial charge in [0.15, 0.2) is 6.10 Å². The lowest BCUT2D eigenvalue weighted by atomic mass is 9.81. The number of nitrogens with zero attached hydrogens (tertiary/aromatic N) is 1. The molecule has 1 fully saturated rings. The lowest BCUT2D eigenvalue weighted by molar-refractivity contribution is -0.179. The fourth-order valence-corrected chi connectivity index (χ4v) is 2.78. The molecule has 5 nitrogen and oxygen atoms in total. The van der Waals surface area contributed by atoms with E-state index in [9.17, 15) is 9.59 Å². The topological polar surface area (TPSA) is 55.8 Å². The van der Waals surface area contributed by atoms with Crippen molar-refractivity contribution in [3.05, 3.63) is 0 Å². The van der Waals surface area contributed by atoms with Gasteiger partial charge in [0.1, 0.15) is 6.54 Å². The van der Waals surface area contributed by atoms with Crippen molar-refractivity contribution in [2.24, 2.45) is 0 Å². The van der Waals surface area contributed by atoms with Gasteiger partial charge in [-0.25, -0.2) is 0 Å². The van der Waals surface area contributed by atoms with Gasteiger partial charge >= 0.3 is 5.97 Å². The van der Waals surface area contributed by atoms with E-state index in [1.807, 2.05) is 13.8 Å². The maximum absolute atomic E-state index is 12.0. The second kappa shape index (κ2) is 6.61. The van der Waals surface area contributed by atoms with Gasteiger partial charge in [0.2, 0.25) is 0 Å². The minimum absolute atomic E-state index is 0.0283. The summed E-state index contributed by atoms with van der Waals surface area (Å²) in [5, 5.41) is 0. The third-order valence-electron chi connectivity index (χ3n) is 3.78. The summed E-state index contributed by atoms with van der Waals surface area (Å²) in [6, 6.07) is -0.187. The average molecular weight is 289 g/mol. The van der Waals surface area contributed by atoms with Crippen molar-refractivity contribution in [1.82, 2.24) is 4.90 Å². The highest BCUT2D eigenvalue weighted by molar-refractivity contribution is 7.81. The lowest BCUT2D eigenvalue weighted by Gasteiger charge is -2.53. The summed E-state index contributed by atoms with van der Waals surface area (Å²) in [6.07, 6.45) is 1.08. The quantitative estimate of drug-likeness (QED) is 0.435. The van der Waals surface area contributed by atoms with Crippen LogP contribution >= 0.6 is 12.6 Å². The molecule has 0 radical (unpaired) electrons. The van der Waals surface area contributed by atoms with E-state index in [4.69, 9.17) is 22.1 Å². The van der Waals surface area contributed by atoms with E-state index in [1.54, 1.807) is 6.92 Å². The van der Waals surface area contributed by atoms with Crippen LogP contribution in [0, 0.1) is 0 Å². The van der Waals surface area contributed by atoms with Gasteiger partial charge < -0.3 is 14.4 Å². The first-order chi connectivity index (χ1) is 8.95. The van der Waals surface area contributed by atoms with E-state index in [1.165, 1.54) is 12.0 Å². The number of rotatable bonds is 7. The number of esters is 1. The summed E-state index contributed by atoms with van der Waals surface area (Å²) in [5.41, 5.74) is 0. The second-order valence-electron chi connectivity index (χ2n) is 4.68. The molecule has 0 N–H and O–H groups in total. The van der Waals surface area contributed by atoms with Crippen LogP contribution in [0.15, 0.2) is 0 Å². The first-order valence-electron chi connectivity index (χ1n) is 6.66. The molecule has 110 valence electrons. The van der Waals surface area contributed by atoms with Gasteiger partial charge in [0.05, 0.1) is 12.6 Å². The molecule has 0 spiro atoms. The molecule has 19 heavy (non-hydrogen) atoms. The Morgan fingerprint density at radius 2 is 1.95 bits per heavy atom. The predicted molar refractivity (Wildman–Crippen MR) is 75.2 cm³/mol. The van der Waals surface area contributed by atoms with Crippen LogP contribution in [0.1, 0.15) is 33.6 Å². The number of β-lactam (4-membered cyclic amide) rings is 1. The molecule has 6 heteroatoms. The Hall–Kier alpha value is -0.750. The number of carbonyl (C=O) groups excluding carboxylic acids is 2. The average Bonchev–Trinajstić information content (AvgIpc) is 2.41. The zero-order chi connectivity index (χ0) is 14.6. The van der Waals surface area contributed by atoms with Crippen molar-refractivity contribution in [3.63, 3.8) is 0 Å². The van der Waals surface area contributed by atoms with Crippen LogP contribution in [0.3, 0.4) is 0 Å². The van der Waals surface area contributed by atoms with Crippen LogP contribution in [-0.2, 0) is 19.1 Å². The number of hydrogen-bond acceptors (Lipinski definition) is 5. The zero-order valence-corrected chi connectivity index (χ0v) is 12.9. The number of methoxy groups -OCH3 is 1. The second-order valence-corrected chi connectivity index (χ2v) is 5.57. The molecule has 2 unspecified atom stereocenters. The van der Waals surface area contributed by atoms with Crippen LogP contribution in [-0.4, -0.2) is 53.9 Å². The third-order valence-corrected chi connectivity index (χ3v) is 4.68. The highest BCUT2D eigenvalue weighted by Crippen LogP contribution is 2.39. The molecule has 0 aromatic rings. The highest BCUT2D eigenvalue weighted by atomic mass is 32.1. The Labute approximate surface area is 120 Å². The van der Waals surface area contributed by atoms with Crippen molar-refractivity contribution >= 4 is 24.5 Å². The number of ether oxygens (including phenoxy) is 2. The van der Waals surface area contributed by atoms with Crippen molar-refractivity contribution < 1.29 is 19.1 Å². The molecule has 1 rings (SSSR count). The van der Waals surface area contributed by atoms with Gasteiger partial charge in [-0.1, -0.05) is 13.8 Å². The summed E-state index contributed by atoms with van der Waals surface area (Å²) >= 11 is 4.71. The Morgan fingerprint density at radius 3 is 2.37 bits per heavy atom. The summed E-state index contributed by atoms with van der Waals surface area (Å²) in [6.45, 7) is 6.07. The zero-order valence-electron chi connectivity index (χ0n) is 12.0. The first-order valence-corrected chi connectivity index (χ1v) is 7.11. The number of amides is 1. The van der Waals surface area contributed by atoms with Crippen LogP contribution < -0.4 is 0 Å². The third kappa shape index (κ3) is 3.05. The summed E-state index contributed by atoms with van der Waals surface area (Å²) in [4.78, 5) is 25.1. The number of likely N-dealkylation sites (tertiary alicyclic amines) is 1. The van der Waals surface area contributed by atoms with E-state index in [-0.39, 0.29) is 23.2 Å².